The summed E-state index contributed by atoms with van der Waals surface area (Å²) in [4.78, 5) is 22.6. The number of hydrogen-bond donors (Lipinski definition) is 2. The van der Waals surface area contributed by atoms with Gasteiger partial charge in [0.05, 0.1) is 5.69 Å². The number of aliphatic carboxylic acids is 1. The second-order valence-corrected chi connectivity index (χ2v) is 4.28. The Morgan fingerprint density at radius 1 is 1.41 bits per heavy atom. The molecule has 0 aromatic heterocycles. The third-order valence-corrected chi connectivity index (χ3v) is 2.90. The molecule has 1 rings (SSSR count). The molecule has 0 saturated heterocycles. The molecule has 1 amide bonds. The lowest BCUT2D eigenvalue weighted by molar-refractivity contribution is -0.139. The highest BCUT2D eigenvalue weighted by Gasteiger charge is 2.09. The first kappa shape index (κ1) is 13.3. The average Bonchev–Trinajstić information content (AvgIpc) is 2.26. The third-order valence-electron chi connectivity index (χ3n) is 1.83. The van der Waals surface area contributed by atoms with E-state index in [2.05, 4.69) is 11.9 Å². The van der Waals surface area contributed by atoms with E-state index in [0.717, 1.165) is 10.6 Å². The number of hydrogen-bond acceptors (Lipinski definition) is 3. The average molecular weight is 251 g/mol. The number of amides is 1. The molecular formula is C12H13NO3S. The SMILES string of the molecule is C=CCSc1ccccc1NC(=O)CC(=O)O. The molecule has 0 radical (unpaired) electrons. The van der Waals surface area contributed by atoms with E-state index in [-0.39, 0.29) is 0 Å². The van der Waals surface area contributed by atoms with Crippen molar-refractivity contribution in [3.63, 3.8) is 0 Å². The molecule has 90 valence electrons. The zero-order chi connectivity index (χ0) is 12.7. The minimum atomic E-state index is -1.14. The number of carboxylic acids is 1. The molecule has 0 aliphatic heterocycles. The van der Waals surface area contributed by atoms with Gasteiger partial charge in [0, 0.05) is 10.6 Å². The monoisotopic (exact) mass is 251 g/mol. The third kappa shape index (κ3) is 4.74. The van der Waals surface area contributed by atoms with Gasteiger partial charge in [0.15, 0.2) is 0 Å². The normalized spacial score (nSPS) is 9.65. The van der Waals surface area contributed by atoms with Crippen LogP contribution < -0.4 is 5.32 Å². The van der Waals surface area contributed by atoms with Gasteiger partial charge in [0.25, 0.3) is 0 Å². The summed E-state index contributed by atoms with van der Waals surface area (Å²) in [6.07, 6.45) is 1.24. The fourth-order valence-corrected chi connectivity index (χ4v) is 1.92. The Labute approximate surface area is 104 Å². The molecule has 5 heteroatoms. The summed E-state index contributed by atoms with van der Waals surface area (Å²) in [6, 6.07) is 7.25. The van der Waals surface area contributed by atoms with Crippen LogP contribution in [0.3, 0.4) is 0 Å². The molecule has 1 aromatic rings. The highest BCUT2D eigenvalue weighted by Crippen LogP contribution is 2.26. The number of carboxylic acid groups (broad SMARTS) is 1. The van der Waals surface area contributed by atoms with Crippen LogP contribution in [0.4, 0.5) is 5.69 Å². The van der Waals surface area contributed by atoms with Crippen molar-refractivity contribution in [2.45, 2.75) is 11.3 Å². The van der Waals surface area contributed by atoms with E-state index in [1.807, 2.05) is 12.1 Å². The molecule has 1 aromatic carbocycles. The van der Waals surface area contributed by atoms with Crippen LogP contribution in [0.5, 0.6) is 0 Å². The number of anilines is 1. The molecule has 0 unspecified atom stereocenters. The molecule has 0 saturated carbocycles. The summed E-state index contributed by atoms with van der Waals surface area (Å²) in [5.74, 6) is -0.936. The number of rotatable bonds is 6. The van der Waals surface area contributed by atoms with Crippen LogP contribution >= 0.6 is 11.8 Å². The summed E-state index contributed by atoms with van der Waals surface area (Å²) in [7, 11) is 0. The van der Waals surface area contributed by atoms with Crippen LogP contribution in [0.1, 0.15) is 6.42 Å². The summed E-state index contributed by atoms with van der Waals surface area (Å²) in [5.41, 5.74) is 0.630. The fraction of sp³-hybridized carbons (Fsp3) is 0.167. The maximum absolute atomic E-state index is 11.3. The first-order valence-electron chi connectivity index (χ1n) is 4.98. The molecule has 17 heavy (non-hydrogen) atoms. The lowest BCUT2D eigenvalue weighted by Crippen LogP contribution is -2.16. The van der Waals surface area contributed by atoms with Gasteiger partial charge in [-0.15, -0.1) is 18.3 Å². The smallest absolute Gasteiger partial charge is 0.312 e. The van der Waals surface area contributed by atoms with E-state index in [1.165, 1.54) is 11.8 Å². The Kier molecular flexibility index (Phi) is 5.29. The second kappa shape index (κ2) is 6.75. The van der Waals surface area contributed by atoms with Crippen LogP contribution in [-0.4, -0.2) is 22.7 Å². The van der Waals surface area contributed by atoms with E-state index in [9.17, 15) is 9.59 Å². The molecule has 0 spiro atoms. The van der Waals surface area contributed by atoms with Crippen LogP contribution in [-0.2, 0) is 9.59 Å². The van der Waals surface area contributed by atoms with Crippen molar-refractivity contribution in [3.05, 3.63) is 36.9 Å². The van der Waals surface area contributed by atoms with Gasteiger partial charge in [-0.3, -0.25) is 9.59 Å². The van der Waals surface area contributed by atoms with Crippen LogP contribution in [0.15, 0.2) is 41.8 Å². The molecule has 0 fully saturated rings. The Morgan fingerprint density at radius 2 is 2.12 bits per heavy atom. The lowest BCUT2D eigenvalue weighted by atomic mass is 10.3. The van der Waals surface area contributed by atoms with Gasteiger partial charge in [-0.1, -0.05) is 18.2 Å². The van der Waals surface area contributed by atoms with Gasteiger partial charge in [0.1, 0.15) is 6.42 Å². The van der Waals surface area contributed by atoms with Crippen molar-refractivity contribution in [1.29, 1.82) is 0 Å². The van der Waals surface area contributed by atoms with Gasteiger partial charge in [-0.05, 0) is 12.1 Å². The summed E-state index contributed by atoms with van der Waals surface area (Å²) in [6.45, 7) is 3.62. The second-order valence-electron chi connectivity index (χ2n) is 3.21. The highest BCUT2D eigenvalue weighted by atomic mass is 32.2. The van der Waals surface area contributed by atoms with Crippen LogP contribution in [0.2, 0.25) is 0 Å². The van der Waals surface area contributed by atoms with E-state index >= 15 is 0 Å². The molecular weight excluding hydrogens is 238 g/mol. The number of carbonyl (C=O) groups is 2. The maximum Gasteiger partial charge on any atom is 0.312 e. The van der Waals surface area contributed by atoms with E-state index in [1.54, 1.807) is 18.2 Å². The molecule has 0 atom stereocenters. The first-order valence-corrected chi connectivity index (χ1v) is 5.96. The van der Waals surface area contributed by atoms with E-state index in [4.69, 9.17) is 5.11 Å². The molecule has 4 nitrogen and oxygen atoms in total. The Morgan fingerprint density at radius 3 is 2.76 bits per heavy atom. The number of thioether (sulfide) groups is 1. The quantitative estimate of drug-likeness (QED) is 0.463. The number of benzene rings is 1. The highest BCUT2D eigenvalue weighted by molar-refractivity contribution is 7.99. The van der Waals surface area contributed by atoms with Crippen molar-refractivity contribution in [2.75, 3.05) is 11.1 Å². The van der Waals surface area contributed by atoms with Gasteiger partial charge >= 0.3 is 5.97 Å². The molecule has 0 aliphatic rings. The summed E-state index contributed by atoms with van der Waals surface area (Å²) >= 11 is 1.53. The Balaban J connectivity index is 2.72. The van der Waals surface area contributed by atoms with E-state index in [0.29, 0.717) is 5.69 Å². The van der Waals surface area contributed by atoms with Gasteiger partial charge < -0.3 is 10.4 Å². The van der Waals surface area contributed by atoms with Crippen molar-refractivity contribution in [3.8, 4) is 0 Å². The lowest BCUT2D eigenvalue weighted by Gasteiger charge is -2.08. The van der Waals surface area contributed by atoms with Gasteiger partial charge in [0.2, 0.25) is 5.91 Å². The van der Waals surface area contributed by atoms with Crippen LogP contribution in [0.25, 0.3) is 0 Å². The number of carbonyl (C=O) groups excluding carboxylic acids is 1. The number of nitrogens with one attached hydrogen (secondary N) is 1. The molecule has 0 bridgehead atoms. The van der Waals surface area contributed by atoms with Gasteiger partial charge in [-0.25, -0.2) is 0 Å². The molecule has 2 N–H and O–H groups in total. The van der Waals surface area contributed by atoms with Crippen molar-refractivity contribution >= 4 is 29.3 Å². The topological polar surface area (TPSA) is 66.4 Å². The minimum absolute atomic E-state index is 0.524. The summed E-state index contributed by atoms with van der Waals surface area (Å²) < 4.78 is 0. The molecule has 0 heterocycles. The van der Waals surface area contributed by atoms with Crippen molar-refractivity contribution < 1.29 is 14.7 Å². The first-order chi connectivity index (χ1) is 8.13. The molecule has 0 aliphatic carbocycles. The van der Waals surface area contributed by atoms with Gasteiger partial charge in [-0.2, -0.15) is 0 Å². The zero-order valence-electron chi connectivity index (χ0n) is 9.18. The summed E-state index contributed by atoms with van der Waals surface area (Å²) in [5, 5.41) is 11.1. The van der Waals surface area contributed by atoms with E-state index < -0.39 is 18.3 Å². The Hall–Kier alpha value is -1.75. The standard InChI is InChI=1S/C12H13NO3S/c1-2-7-17-10-6-4-3-5-9(10)13-11(14)8-12(15)16/h2-6H,1,7-8H2,(H,13,14)(H,15,16). The minimum Gasteiger partial charge on any atom is -0.481 e. The van der Waals surface area contributed by atoms with Crippen molar-refractivity contribution in [1.82, 2.24) is 0 Å². The predicted octanol–water partition coefficient (Wildman–Crippen LogP) is 2.38. The largest absolute Gasteiger partial charge is 0.481 e. The fourth-order valence-electron chi connectivity index (χ4n) is 1.18. The predicted molar refractivity (Wildman–Crippen MR) is 68.2 cm³/mol. The number of para-hydroxylation sites is 1. The van der Waals surface area contributed by atoms with Crippen LogP contribution in [0, 0.1) is 0 Å². The van der Waals surface area contributed by atoms with Crippen molar-refractivity contribution in [2.24, 2.45) is 0 Å². The zero-order valence-corrected chi connectivity index (χ0v) is 10.00. The maximum atomic E-state index is 11.3. The Bertz CT molecular complexity index is 432.